The SMILES string of the molecule is CCn1nnnc1S[C@@H](C)C(=O)Nc1ccc(N2CCCCC2)cc1. The van der Waals surface area contributed by atoms with Gasteiger partial charge in [-0.25, -0.2) is 4.68 Å². The van der Waals surface area contributed by atoms with Gasteiger partial charge in [-0.15, -0.1) is 5.10 Å². The van der Waals surface area contributed by atoms with E-state index in [2.05, 4.69) is 37.9 Å². The summed E-state index contributed by atoms with van der Waals surface area (Å²) < 4.78 is 1.68. The van der Waals surface area contributed by atoms with E-state index in [0.29, 0.717) is 11.7 Å². The number of rotatable bonds is 6. The normalized spacial score (nSPS) is 15.8. The summed E-state index contributed by atoms with van der Waals surface area (Å²) in [6.07, 6.45) is 3.83. The molecule has 0 saturated carbocycles. The first kappa shape index (κ1) is 17.7. The number of aromatic nitrogens is 4. The lowest BCUT2D eigenvalue weighted by atomic mass is 10.1. The number of nitrogens with zero attached hydrogens (tertiary/aromatic N) is 5. The van der Waals surface area contributed by atoms with Gasteiger partial charge in [0.2, 0.25) is 11.1 Å². The van der Waals surface area contributed by atoms with E-state index < -0.39 is 0 Å². The zero-order valence-electron chi connectivity index (χ0n) is 14.7. The van der Waals surface area contributed by atoms with Crippen LogP contribution in [0.5, 0.6) is 0 Å². The summed E-state index contributed by atoms with van der Waals surface area (Å²) >= 11 is 1.36. The molecule has 2 heterocycles. The molecule has 0 radical (unpaired) electrons. The Labute approximate surface area is 152 Å². The molecule has 1 aliphatic heterocycles. The van der Waals surface area contributed by atoms with Crippen molar-refractivity contribution in [3.05, 3.63) is 24.3 Å². The molecular formula is C17H24N6OS. The highest BCUT2D eigenvalue weighted by Gasteiger charge is 2.18. The number of anilines is 2. The molecule has 1 fully saturated rings. The van der Waals surface area contributed by atoms with Crippen LogP contribution in [0.25, 0.3) is 0 Å². The highest BCUT2D eigenvalue weighted by atomic mass is 32.2. The Hall–Kier alpha value is -2.09. The minimum atomic E-state index is -0.280. The molecule has 8 heteroatoms. The Balaban J connectivity index is 1.56. The molecular weight excluding hydrogens is 336 g/mol. The number of carbonyl (C=O) groups is 1. The van der Waals surface area contributed by atoms with Gasteiger partial charge < -0.3 is 10.2 Å². The third-order valence-electron chi connectivity index (χ3n) is 4.31. The van der Waals surface area contributed by atoms with Crippen molar-refractivity contribution in [3.63, 3.8) is 0 Å². The van der Waals surface area contributed by atoms with Crippen molar-refractivity contribution < 1.29 is 4.79 Å². The molecule has 1 amide bonds. The number of benzene rings is 1. The van der Waals surface area contributed by atoms with Gasteiger partial charge in [0.1, 0.15) is 0 Å². The van der Waals surface area contributed by atoms with Crippen molar-refractivity contribution in [1.82, 2.24) is 20.2 Å². The van der Waals surface area contributed by atoms with Crippen LogP contribution < -0.4 is 10.2 Å². The van der Waals surface area contributed by atoms with Crippen LogP contribution in [-0.4, -0.2) is 44.5 Å². The number of piperidine rings is 1. The molecule has 0 unspecified atom stereocenters. The molecule has 1 N–H and O–H groups in total. The molecule has 0 aliphatic carbocycles. The second kappa shape index (κ2) is 8.33. The summed E-state index contributed by atoms with van der Waals surface area (Å²) in [5.74, 6) is -0.0543. The summed E-state index contributed by atoms with van der Waals surface area (Å²) in [4.78, 5) is 14.8. The van der Waals surface area contributed by atoms with Gasteiger partial charge >= 0.3 is 0 Å². The second-order valence-corrected chi connectivity index (χ2v) is 7.43. The van der Waals surface area contributed by atoms with E-state index in [4.69, 9.17) is 0 Å². The minimum Gasteiger partial charge on any atom is -0.372 e. The summed E-state index contributed by atoms with van der Waals surface area (Å²) in [6.45, 7) is 6.74. The highest BCUT2D eigenvalue weighted by molar-refractivity contribution is 8.00. The molecule has 25 heavy (non-hydrogen) atoms. The van der Waals surface area contributed by atoms with Gasteiger partial charge in [0.05, 0.1) is 5.25 Å². The first-order valence-corrected chi connectivity index (χ1v) is 9.64. The van der Waals surface area contributed by atoms with E-state index in [0.717, 1.165) is 18.8 Å². The molecule has 1 aliphatic rings. The summed E-state index contributed by atoms with van der Waals surface area (Å²) in [5.41, 5.74) is 2.04. The number of amides is 1. The van der Waals surface area contributed by atoms with Gasteiger partial charge in [-0.1, -0.05) is 11.8 Å². The third-order valence-corrected chi connectivity index (χ3v) is 5.38. The van der Waals surface area contributed by atoms with Crippen LogP contribution in [0.15, 0.2) is 29.4 Å². The number of tetrazole rings is 1. The highest BCUT2D eigenvalue weighted by Crippen LogP contribution is 2.24. The number of carbonyl (C=O) groups excluding carboxylic acids is 1. The Bertz CT molecular complexity index is 695. The molecule has 7 nitrogen and oxygen atoms in total. The fraction of sp³-hybridized carbons (Fsp3) is 0.529. The number of hydrogen-bond acceptors (Lipinski definition) is 6. The van der Waals surface area contributed by atoms with Crippen LogP contribution >= 0.6 is 11.8 Å². The average molecular weight is 360 g/mol. The third kappa shape index (κ3) is 4.50. The van der Waals surface area contributed by atoms with Crippen LogP contribution in [0.2, 0.25) is 0 Å². The Morgan fingerprint density at radius 3 is 2.64 bits per heavy atom. The maximum absolute atomic E-state index is 12.4. The Morgan fingerprint density at radius 2 is 1.96 bits per heavy atom. The van der Waals surface area contributed by atoms with Crippen molar-refractivity contribution >= 4 is 29.0 Å². The summed E-state index contributed by atoms with van der Waals surface area (Å²) in [7, 11) is 0. The first-order valence-electron chi connectivity index (χ1n) is 8.76. The van der Waals surface area contributed by atoms with Gasteiger partial charge in [-0.3, -0.25) is 4.79 Å². The van der Waals surface area contributed by atoms with E-state index >= 15 is 0 Å². The standard InChI is InChI=1S/C17H24N6OS/c1-3-23-17(19-20-21-23)25-13(2)16(24)18-14-7-9-15(10-8-14)22-11-5-4-6-12-22/h7-10,13H,3-6,11-12H2,1-2H3,(H,18,24)/t13-/m0/s1. The molecule has 0 bridgehead atoms. The van der Waals surface area contributed by atoms with E-state index in [9.17, 15) is 4.79 Å². The van der Waals surface area contributed by atoms with Crippen molar-refractivity contribution in [2.75, 3.05) is 23.3 Å². The molecule has 1 atom stereocenters. The summed E-state index contributed by atoms with van der Waals surface area (Å²) in [6, 6.07) is 8.09. The Kier molecular flexibility index (Phi) is 5.91. The lowest BCUT2D eigenvalue weighted by Crippen LogP contribution is -2.29. The molecule has 134 valence electrons. The molecule has 1 aromatic carbocycles. The van der Waals surface area contributed by atoms with Crippen LogP contribution in [0, 0.1) is 0 Å². The second-order valence-electron chi connectivity index (χ2n) is 6.12. The molecule has 1 aromatic heterocycles. The maximum Gasteiger partial charge on any atom is 0.237 e. The predicted octanol–water partition coefficient (Wildman–Crippen LogP) is 2.80. The van der Waals surface area contributed by atoms with E-state index in [1.165, 1.54) is 36.7 Å². The van der Waals surface area contributed by atoms with Crippen LogP contribution in [0.3, 0.4) is 0 Å². The van der Waals surface area contributed by atoms with Crippen LogP contribution in [0.4, 0.5) is 11.4 Å². The van der Waals surface area contributed by atoms with Crippen molar-refractivity contribution in [3.8, 4) is 0 Å². The Morgan fingerprint density at radius 1 is 1.24 bits per heavy atom. The van der Waals surface area contributed by atoms with Gasteiger partial charge in [0, 0.05) is 31.0 Å². The van der Waals surface area contributed by atoms with Crippen molar-refractivity contribution in [1.29, 1.82) is 0 Å². The van der Waals surface area contributed by atoms with E-state index in [1.54, 1.807) is 4.68 Å². The average Bonchev–Trinajstić information content (AvgIpc) is 3.10. The number of hydrogen-bond donors (Lipinski definition) is 1. The molecule has 2 aromatic rings. The number of thioether (sulfide) groups is 1. The van der Waals surface area contributed by atoms with Crippen LogP contribution in [-0.2, 0) is 11.3 Å². The van der Waals surface area contributed by atoms with Crippen molar-refractivity contribution in [2.24, 2.45) is 0 Å². The lowest BCUT2D eigenvalue weighted by molar-refractivity contribution is -0.115. The zero-order valence-corrected chi connectivity index (χ0v) is 15.5. The zero-order chi connectivity index (χ0) is 17.6. The molecule has 1 saturated heterocycles. The largest absolute Gasteiger partial charge is 0.372 e. The van der Waals surface area contributed by atoms with E-state index in [1.807, 2.05) is 26.0 Å². The topological polar surface area (TPSA) is 75.9 Å². The summed E-state index contributed by atoms with van der Waals surface area (Å²) in [5, 5.41) is 14.8. The van der Waals surface area contributed by atoms with Gasteiger partial charge in [0.15, 0.2) is 0 Å². The fourth-order valence-corrected chi connectivity index (χ4v) is 3.70. The van der Waals surface area contributed by atoms with Gasteiger partial charge in [-0.05, 0) is 67.8 Å². The smallest absolute Gasteiger partial charge is 0.237 e. The van der Waals surface area contributed by atoms with Gasteiger partial charge in [0.25, 0.3) is 0 Å². The predicted molar refractivity (Wildman–Crippen MR) is 99.9 cm³/mol. The minimum absolute atomic E-state index is 0.0543. The fourth-order valence-electron chi connectivity index (χ4n) is 2.84. The van der Waals surface area contributed by atoms with E-state index in [-0.39, 0.29) is 11.2 Å². The molecule has 3 rings (SSSR count). The monoisotopic (exact) mass is 360 g/mol. The number of aryl methyl sites for hydroxylation is 1. The number of nitrogens with one attached hydrogen (secondary N) is 1. The quantitative estimate of drug-likeness (QED) is 0.799. The van der Waals surface area contributed by atoms with Crippen LogP contribution in [0.1, 0.15) is 33.1 Å². The molecule has 0 spiro atoms. The van der Waals surface area contributed by atoms with Crippen molar-refractivity contribution in [2.45, 2.75) is 50.1 Å². The van der Waals surface area contributed by atoms with Gasteiger partial charge in [-0.2, -0.15) is 0 Å². The maximum atomic E-state index is 12.4. The first-order chi connectivity index (χ1) is 12.2. The lowest BCUT2D eigenvalue weighted by Gasteiger charge is -2.28.